The van der Waals surface area contributed by atoms with Gasteiger partial charge in [0.2, 0.25) is 0 Å². The molecule has 0 fully saturated rings. The zero-order valence-corrected chi connectivity index (χ0v) is 11.4. The van der Waals surface area contributed by atoms with E-state index in [9.17, 15) is 5.11 Å². The van der Waals surface area contributed by atoms with Gasteiger partial charge < -0.3 is 10.4 Å². The number of rotatable bonds is 5. The highest BCUT2D eigenvalue weighted by Crippen LogP contribution is 2.21. The van der Waals surface area contributed by atoms with Crippen LogP contribution < -0.4 is 5.32 Å². The Morgan fingerprint density at radius 1 is 1.50 bits per heavy atom. The van der Waals surface area contributed by atoms with E-state index < -0.39 is 0 Å². The van der Waals surface area contributed by atoms with Crippen molar-refractivity contribution in [1.29, 1.82) is 0 Å². The Kier molecular flexibility index (Phi) is 4.89. The summed E-state index contributed by atoms with van der Waals surface area (Å²) in [6.45, 7) is 9.56. The summed E-state index contributed by atoms with van der Waals surface area (Å²) in [5.74, 6) is 0. The van der Waals surface area contributed by atoms with Crippen molar-refractivity contribution in [3.8, 4) is 0 Å². The molecule has 0 saturated heterocycles. The van der Waals surface area contributed by atoms with Crippen molar-refractivity contribution in [2.24, 2.45) is 5.41 Å². The highest BCUT2D eigenvalue weighted by Gasteiger charge is 2.17. The van der Waals surface area contributed by atoms with Gasteiger partial charge in [-0.05, 0) is 18.8 Å². The molecule has 3 nitrogen and oxygen atoms in total. The first kappa shape index (κ1) is 13.6. The Bertz CT molecular complexity index is 317. The van der Waals surface area contributed by atoms with E-state index in [1.165, 1.54) is 4.88 Å². The number of nitrogens with zero attached hydrogens (tertiary/aromatic N) is 1. The molecule has 0 radical (unpaired) electrons. The van der Waals surface area contributed by atoms with E-state index in [1.54, 1.807) is 11.3 Å². The number of aliphatic hydroxyl groups excluding tert-OH is 1. The second kappa shape index (κ2) is 5.75. The van der Waals surface area contributed by atoms with Crippen LogP contribution in [0.2, 0.25) is 0 Å². The van der Waals surface area contributed by atoms with E-state index in [0.29, 0.717) is 0 Å². The maximum Gasteiger partial charge on any atom is 0.0897 e. The van der Waals surface area contributed by atoms with Gasteiger partial charge in [-0.15, -0.1) is 11.3 Å². The molecule has 0 aromatic carbocycles. The number of aromatic nitrogens is 1. The van der Waals surface area contributed by atoms with Crippen molar-refractivity contribution < 1.29 is 5.11 Å². The minimum Gasteiger partial charge on any atom is -0.395 e. The van der Waals surface area contributed by atoms with Crippen molar-refractivity contribution in [3.05, 3.63) is 16.1 Å². The van der Waals surface area contributed by atoms with Gasteiger partial charge in [-0.25, -0.2) is 4.98 Å². The molecule has 92 valence electrons. The Balaban J connectivity index is 2.40. The van der Waals surface area contributed by atoms with E-state index >= 15 is 0 Å². The highest BCUT2D eigenvalue weighted by molar-refractivity contribution is 7.11. The van der Waals surface area contributed by atoms with Gasteiger partial charge in [0.25, 0.3) is 0 Å². The second-order valence-corrected chi connectivity index (χ2v) is 6.69. The first-order valence-electron chi connectivity index (χ1n) is 5.66. The van der Waals surface area contributed by atoms with Gasteiger partial charge in [0.1, 0.15) is 0 Å². The molecule has 0 amide bonds. The molecule has 0 bridgehead atoms. The maximum absolute atomic E-state index is 9.30. The topological polar surface area (TPSA) is 45.2 Å². The van der Waals surface area contributed by atoms with Crippen LogP contribution >= 0.6 is 11.3 Å². The molecule has 1 rings (SSSR count). The average Bonchev–Trinajstić information content (AvgIpc) is 2.57. The van der Waals surface area contributed by atoms with E-state index in [1.807, 2.05) is 13.1 Å². The lowest BCUT2D eigenvalue weighted by Gasteiger charge is -2.25. The molecule has 0 aliphatic rings. The number of hydrogen-bond acceptors (Lipinski definition) is 4. The van der Waals surface area contributed by atoms with Gasteiger partial charge in [0.05, 0.1) is 11.6 Å². The Morgan fingerprint density at radius 2 is 2.19 bits per heavy atom. The van der Waals surface area contributed by atoms with Crippen LogP contribution in [0.15, 0.2) is 6.20 Å². The number of aryl methyl sites for hydroxylation is 1. The number of hydrogen-bond donors (Lipinski definition) is 2. The van der Waals surface area contributed by atoms with Crippen molar-refractivity contribution in [1.82, 2.24) is 10.3 Å². The second-order valence-electron chi connectivity index (χ2n) is 5.37. The fourth-order valence-corrected chi connectivity index (χ4v) is 2.42. The lowest BCUT2D eigenvalue weighted by Crippen LogP contribution is -2.35. The minimum absolute atomic E-state index is 0.169. The summed E-state index contributed by atoms with van der Waals surface area (Å²) in [6, 6.07) is 0.169. The van der Waals surface area contributed by atoms with Gasteiger partial charge >= 0.3 is 0 Å². The Morgan fingerprint density at radius 3 is 2.62 bits per heavy atom. The van der Waals surface area contributed by atoms with Crippen LogP contribution in [0, 0.1) is 12.3 Å². The van der Waals surface area contributed by atoms with Crippen LogP contribution in [0.3, 0.4) is 0 Å². The molecular weight excluding hydrogens is 220 g/mol. The molecule has 1 unspecified atom stereocenters. The molecule has 0 aliphatic heterocycles. The van der Waals surface area contributed by atoms with Crippen molar-refractivity contribution in [2.75, 3.05) is 6.61 Å². The average molecular weight is 242 g/mol. The fourth-order valence-electron chi connectivity index (χ4n) is 1.67. The molecular formula is C12H22N2OS. The molecule has 1 aromatic heterocycles. The molecule has 4 heteroatoms. The van der Waals surface area contributed by atoms with Crippen LogP contribution in [0.5, 0.6) is 0 Å². The Hall–Kier alpha value is -0.450. The lowest BCUT2D eigenvalue weighted by molar-refractivity contribution is 0.198. The summed E-state index contributed by atoms with van der Waals surface area (Å²) in [6.07, 6.45) is 2.87. The Labute approximate surface area is 102 Å². The van der Waals surface area contributed by atoms with Gasteiger partial charge in [0.15, 0.2) is 0 Å². The summed E-state index contributed by atoms with van der Waals surface area (Å²) >= 11 is 1.70. The predicted molar refractivity (Wildman–Crippen MR) is 68.6 cm³/mol. The largest absolute Gasteiger partial charge is 0.395 e. The third-order valence-electron chi connectivity index (χ3n) is 2.31. The molecule has 0 spiro atoms. The van der Waals surface area contributed by atoms with Gasteiger partial charge in [0, 0.05) is 23.7 Å². The fraction of sp³-hybridized carbons (Fsp3) is 0.750. The first-order valence-corrected chi connectivity index (χ1v) is 6.48. The lowest BCUT2D eigenvalue weighted by atomic mass is 9.88. The molecule has 16 heavy (non-hydrogen) atoms. The maximum atomic E-state index is 9.30. The van der Waals surface area contributed by atoms with E-state index in [2.05, 4.69) is 31.1 Å². The third kappa shape index (κ3) is 5.05. The van der Waals surface area contributed by atoms with Crippen LogP contribution in [0.1, 0.15) is 37.1 Å². The third-order valence-corrected chi connectivity index (χ3v) is 3.23. The monoisotopic (exact) mass is 242 g/mol. The van der Waals surface area contributed by atoms with Gasteiger partial charge in [-0.1, -0.05) is 20.8 Å². The summed E-state index contributed by atoms with van der Waals surface area (Å²) < 4.78 is 0. The SMILES string of the molecule is Cc1ncc(CNC(CO)CC(C)(C)C)s1. The van der Waals surface area contributed by atoms with Crippen LogP contribution in [-0.4, -0.2) is 22.7 Å². The van der Waals surface area contributed by atoms with E-state index in [0.717, 1.165) is 18.0 Å². The molecule has 0 saturated carbocycles. The predicted octanol–water partition coefficient (Wildman–Crippen LogP) is 2.34. The zero-order chi connectivity index (χ0) is 12.2. The summed E-state index contributed by atoms with van der Waals surface area (Å²) in [7, 11) is 0. The highest BCUT2D eigenvalue weighted by atomic mass is 32.1. The summed E-state index contributed by atoms with van der Waals surface area (Å²) in [5, 5.41) is 13.8. The van der Waals surface area contributed by atoms with Crippen LogP contribution in [-0.2, 0) is 6.54 Å². The molecule has 2 N–H and O–H groups in total. The normalized spacial score (nSPS) is 14.1. The number of nitrogens with one attached hydrogen (secondary N) is 1. The first-order chi connectivity index (χ1) is 7.40. The van der Waals surface area contributed by atoms with Crippen molar-refractivity contribution in [3.63, 3.8) is 0 Å². The number of aliphatic hydroxyl groups is 1. The van der Waals surface area contributed by atoms with Gasteiger partial charge in [-0.3, -0.25) is 0 Å². The number of thiazole rings is 1. The summed E-state index contributed by atoms with van der Waals surface area (Å²) in [5.41, 5.74) is 0.240. The van der Waals surface area contributed by atoms with Crippen molar-refractivity contribution in [2.45, 2.75) is 46.7 Å². The van der Waals surface area contributed by atoms with Crippen LogP contribution in [0.25, 0.3) is 0 Å². The molecule has 1 atom stereocenters. The van der Waals surface area contributed by atoms with E-state index in [4.69, 9.17) is 0 Å². The summed E-state index contributed by atoms with van der Waals surface area (Å²) in [4.78, 5) is 5.44. The van der Waals surface area contributed by atoms with E-state index in [-0.39, 0.29) is 18.1 Å². The standard InChI is InChI=1S/C12H22N2OS/c1-9-13-6-11(16-9)7-14-10(8-15)5-12(2,3)4/h6,10,14-15H,5,7-8H2,1-4H3. The van der Waals surface area contributed by atoms with Gasteiger partial charge in [-0.2, -0.15) is 0 Å². The van der Waals surface area contributed by atoms with Crippen molar-refractivity contribution >= 4 is 11.3 Å². The van der Waals surface area contributed by atoms with Crippen LogP contribution in [0.4, 0.5) is 0 Å². The molecule has 1 heterocycles. The quantitative estimate of drug-likeness (QED) is 0.833. The minimum atomic E-state index is 0.169. The molecule has 0 aliphatic carbocycles. The molecule has 1 aromatic rings. The zero-order valence-electron chi connectivity index (χ0n) is 10.6. The smallest absolute Gasteiger partial charge is 0.0897 e.